The van der Waals surface area contributed by atoms with E-state index in [-0.39, 0.29) is 5.82 Å². The molecule has 23 heavy (non-hydrogen) atoms. The number of carbonyl (C=O) groups is 1. The number of amides is 1. The molecule has 0 spiro atoms. The largest absolute Gasteiger partial charge is 0.360 e. The standard InChI is InChI=1S/C17H14FN3O2/c1-10-5-6-13(8-14(10)18)20-17(22)15-11(2)23-21-16(15)12-4-3-7-19-9-12/h3-9H,1-2H3,(H,20,22). The lowest BCUT2D eigenvalue weighted by atomic mass is 10.1. The number of nitrogens with one attached hydrogen (secondary N) is 1. The van der Waals surface area contributed by atoms with Gasteiger partial charge in [-0.1, -0.05) is 11.2 Å². The van der Waals surface area contributed by atoms with Gasteiger partial charge in [-0.05, 0) is 43.7 Å². The summed E-state index contributed by atoms with van der Waals surface area (Å²) in [6, 6.07) is 8.05. The zero-order valence-electron chi connectivity index (χ0n) is 12.6. The molecule has 0 radical (unpaired) electrons. The molecule has 1 amide bonds. The average molecular weight is 311 g/mol. The van der Waals surface area contributed by atoms with E-state index in [1.165, 1.54) is 6.07 Å². The number of nitrogens with zero attached hydrogens (tertiary/aromatic N) is 2. The minimum absolute atomic E-state index is 0.305. The van der Waals surface area contributed by atoms with Crippen LogP contribution < -0.4 is 5.32 Å². The average Bonchev–Trinajstić information content (AvgIpc) is 2.93. The lowest BCUT2D eigenvalue weighted by Crippen LogP contribution is -2.13. The van der Waals surface area contributed by atoms with E-state index >= 15 is 0 Å². The molecule has 6 heteroatoms. The van der Waals surface area contributed by atoms with E-state index in [0.29, 0.717) is 33.8 Å². The molecule has 1 N–H and O–H groups in total. The predicted molar refractivity (Wildman–Crippen MR) is 83.6 cm³/mol. The zero-order valence-corrected chi connectivity index (χ0v) is 12.6. The van der Waals surface area contributed by atoms with Crippen molar-refractivity contribution in [3.8, 4) is 11.3 Å². The predicted octanol–water partition coefficient (Wildman–Crippen LogP) is 3.74. The quantitative estimate of drug-likeness (QED) is 0.800. The first-order valence-corrected chi connectivity index (χ1v) is 7.00. The monoisotopic (exact) mass is 311 g/mol. The highest BCUT2D eigenvalue weighted by Gasteiger charge is 2.22. The second kappa shape index (κ2) is 6.00. The maximum atomic E-state index is 13.6. The number of aryl methyl sites for hydroxylation is 2. The molecule has 2 aromatic heterocycles. The van der Waals surface area contributed by atoms with Crippen LogP contribution in [0.15, 0.2) is 47.2 Å². The Morgan fingerprint density at radius 1 is 1.26 bits per heavy atom. The molecular formula is C17H14FN3O2. The van der Waals surface area contributed by atoms with Gasteiger partial charge >= 0.3 is 0 Å². The van der Waals surface area contributed by atoms with Crippen molar-refractivity contribution in [3.63, 3.8) is 0 Å². The SMILES string of the molecule is Cc1ccc(NC(=O)c2c(-c3cccnc3)noc2C)cc1F. The Hall–Kier alpha value is -3.02. The Balaban J connectivity index is 1.94. The second-order valence-electron chi connectivity index (χ2n) is 5.12. The lowest BCUT2D eigenvalue weighted by Gasteiger charge is -2.07. The number of benzene rings is 1. The molecule has 0 aliphatic heterocycles. The number of rotatable bonds is 3. The molecule has 0 aliphatic rings. The number of pyridine rings is 1. The number of hydrogen-bond donors (Lipinski definition) is 1. The van der Waals surface area contributed by atoms with Crippen LogP contribution in [0.1, 0.15) is 21.7 Å². The van der Waals surface area contributed by atoms with Gasteiger partial charge in [-0.25, -0.2) is 4.39 Å². The third-order valence-corrected chi connectivity index (χ3v) is 3.45. The Morgan fingerprint density at radius 3 is 2.78 bits per heavy atom. The van der Waals surface area contributed by atoms with Crippen LogP contribution in [0.5, 0.6) is 0 Å². The molecule has 0 fully saturated rings. The van der Waals surface area contributed by atoms with Crippen molar-refractivity contribution in [2.75, 3.05) is 5.32 Å². The van der Waals surface area contributed by atoms with E-state index < -0.39 is 5.91 Å². The Morgan fingerprint density at radius 2 is 2.09 bits per heavy atom. The van der Waals surface area contributed by atoms with Crippen LogP contribution in [0.25, 0.3) is 11.3 Å². The van der Waals surface area contributed by atoms with Crippen LogP contribution in [-0.4, -0.2) is 16.0 Å². The molecule has 3 aromatic rings. The molecule has 5 nitrogen and oxygen atoms in total. The number of anilines is 1. The lowest BCUT2D eigenvalue weighted by molar-refractivity contribution is 0.102. The van der Waals surface area contributed by atoms with Gasteiger partial charge in [0.2, 0.25) is 0 Å². The fraction of sp³-hybridized carbons (Fsp3) is 0.118. The van der Waals surface area contributed by atoms with Gasteiger partial charge in [0.25, 0.3) is 5.91 Å². The summed E-state index contributed by atoms with van der Waals surface area (Å²) in [7, 11) is 0. The molecular weight excluding hydrogens is 297 g/mol. The molecule has 1 aromatic carbocycles. The smallest absolute Gasteiger partial charge is 0.261 e. The molecule has 3 rings (SSSR count). The number of carbonyl (C=O) groups excluding carboxylic acids is 1. The maximum Gasteiger partial charge on any atom is 0.261 e. The summed E-state index contributed by atoms with van der Waals surface area (Å²) in [6.07, 6.45) is 3.23. The summed E-state index contributed by atoms with van der Waals surface area (Å²) in [6.45, 7) is 3.31. The number of halogens is 1. The minimum atomic E-state index is -0.411. The molecule has 2 heterocycles. The third-order valence-electron chi connectivity index (χ3n) is 3.45. The van der Waals surface area contributed by atoms with E-state index in [1.807, 2.05) is 0 Å². The molecule has 0 saturated heterocycles. The molecule has 0 unspecified atom stereocenters. The normalized spacial score (nSPS) is 10.6. The van der Waals surface area contributed by atoms with E-state index in [9.17, 15) is 9.18 Å². The summed E-state index contributed by atoms with van der Waals surface area (Å²) >= 11 is 0. The number of hydrogen-bond acceptors (Lipinski definition) is 4. The summed E-state index contributed by atoms with van der Waals surface area (Å²) < 4.78 is 18.7. The topological polar surface area (TPSA) is 68.0 Å². The van der Waals surface area contributed by atoms with Gasteiger partial charge in [0.1, 0.15) is 22.8 Å². The first-order valence-electron chi connectivity index (χ1n) is 7.00. The van der Waals surface area contributed by atoms with Crippen molar-refractivity contribution < 1.29 is 13.7 Å². The van der Waals surface area contributed by atoms with Crippen LogP contribution in [0.2, 0.25) is 0 Å². The summed E-state index contributed by atoms with van der Waals surface area (Å²) in [5.41, 5.74) is 2.26. The number of aromatic nitrogens is 2. The van der Waals surface area contributed by atoms with E-state index in [1.54, 1.807) is 50.5 Å². The Kier molecular flexibility index (Phi) is 3.89. The Bertz CT molecular complexity index is 860. The van der Waals surface area contributed by atoms with Crippen LogP contribution >= 0.6 is 0 Å². The van der Waals surface area contributed by atoms with Gasteiger partial charge in [-0.15, -0.1) is 0 Å². The van der Waals surface area contributed by atoms with Gasteiger partial charge in [-0.2, -0.15) is 0 Å². The van der Waals surface area contributed by atoms with Crippen molar-refractivity contribution in [1.82, 2.24) is 10.1 Å². The highest BCUT2D eigenvalue weighted by molar-refractivity contribution is 6.08. The summed E-state index contributed by atoms with van der Waals surface area (Å²) in [5.74, 6) is -0.405. The second-order valence-corrected chi connectivity index (χ2v) is 5.12. The van der Waals surface area contributed by atoms with E-state index in [0.717, 1.165) is 0 Å². The van der Waals surface area contributed by atoms with Crippen molar-refractivity contribution in [2.24, 2.45) is 0 Å². The van der Waals surface area contributed by atoms with Crippen molar-refractivity contribution in [3.05, 3.63) is 65.4 Å². The van der Waals surface area contributed by atoms with Gasteiger partial charge in [-0.3, -0.25) is 9.78 Å². The Labute approximate surface area is 132 Å². The molecule has 116 valence electrons. The van der Waals surface area contributed by atoms with Crippen LogP contribution in [0.3, 0.4) is 0 Å². The first kappa shape index (κ1) is 14.9. The molecule has 0 atom stereocenters. The third kappa shape index (κ3) is 2.96. The molecule has 0 saturated carbocycles. The molecule has 0 aliphatic carbocycles. The highest BCUT2D eigenvalue weighted by Crippen LogP contribution is 2.25. The van der Waals surface area contributed by atoms with Crippen LogP contribution in [-0.2, 0) is 0 Å². The van der Waals surface area contributed by atoms with E-state index in [2.05, 4.69) is 15.5 Å². The molecule has 0 bridgehead atoms. The van der Waals surface area contributed by atoms with Crippen molar-refractivity contribution in [1.29, 1.82) is 0 Å². The first-order chi connectivity index (χ1) is 11.1. The van der Waals surface area contributed by atoms with Gasteiger partial charge in [0, 0.05) is 23.6 Å². The van der Waals surface area contributed by atoms with Crippen LogP contribution in [0, 0.1) is 19.7 Å². The summed E-state index contributed by atoms with van der Waals surface area (Å²) in [5, 5.41) is 6.59. The fourth-order valence-electron chi connectivity index (χ4n) is 2.20. The van der Waals surface area contributed by atoms with Gasteiger partial charge in [0.05, 0.1) is 0 Å². The van der Waals surface area contributed by atoms with E-state index in [4.69, 9.17) is 4.52 Å². The maximum absolute atomic E-state index is 13.6. The minimum Gasteiger partial charge on any atom is -0.360 e. The van der Waals surface area contributed by atoms with Crippen molar-refractivity contribution in [2.45, 2.75) is 13.8 Å². The van der Waals surface area contributed by atoms with Gasteiger partial charge in [0.15, 0.2) is 0 Å². The fourth-order valence-corrected chi connectivity index (χ4v) is 2.20. The van der Waals surface area contributed by atoms with Crippen molar-refractivity contribution >= 4 is 11.6 Å². The zero-order chi connectivity index (χ0) is 16.4. The van der Waals surface area contributed by atoms with Crippen LogP contribution in [0.4, 0.5) is 10.1 Å². The highest BCUT2D eigenvalue weighted by atomic mass is 19.1. The summed E-state index contributed by atoms with van der Waals surface area (Å²) in [4.78, 5) is 16.5. The van der Waals surface area contributed by atoms with Gasteiger partial charge < -0.3 is 9.84 Å².